The molecule has 0 aromatic carbocycles. The fourth-order valence-corrected chi connectivity index (χ4v) is 0.881. The second-order valence-corrected chi connectivity index (χ2v) is 2.95. The molecule has 0 unspecified atom stereocenters. The van der Waals surface area contributed by atoms with Crippen molar-refractivity contribution in [1.29, 1.82) is 0 Å². The first-order valence-electron chi connectivity index (χ1n) is 5.22. The molecule has 88 valence electrons. The molecule has 0 saturated carbocycles. The molecule has 0 radical (unpaired) electrons. The molecular formula is C10H19NO4. The molecule has 0 aliphatic heterocycles. The Morgan fingerprint density at radius 3 is 2.47 bits per heavy atom. The molecule has 5 nitrogen and oxygen atoms in total. The molecule has 0 aliphatic rings. The molecular weight excluding hydrogens is 198 g/mol. The van der Waals surface area contributed by atoms with Crippen molar-refractivity contribution in [2.24, 2.45) is 0 Å². The highest BCUT2D eigenvalue weighted by molar-refractivity contribution is 5.72. The topological polar surface area (TPSA) is 64.6 Å². The van der Waals surface area contributed by atoms with Crippen LogP contribution in [-0.2, 0) is 19.1 Å². The van der Waals surface area contributed by atoms with Crippen molar-refractivity contribution in [2.75, 3.05) is 26.3 Å². The van der Waals surface area contributed by atoms with Crippen molar-refractivity contribution in [2.45, 2.75) is 26.7 Å². The Balaban J connectivity index is 3.30. The van der Waals surface area contributed by atoms with Gasteiger partial charge in [-0.3, -0.25) is 9.59 Å². The van der Waals surface area contributed by atoms with Crippen LogP contribution in [0.2, 0.25) is 0 Å². The predicted octanol–water partition coefficient (Wildman–Crippen LogP) is 0.482. The maximum absolute atomic E-state index is 11.0. The average Bonchev–Trinajstić information content (AvgIpc) is 2.22. The van der Waals surface area contributed by atoms with E-state index >= 15 is 0 Å². The maximum atomic E-state index is 11.0. The molecule has 0 aromatic heterocycles. The van der Waals surface area contributed by atoms with Crippen molar-refractivity contribution < 1.29 is 19.1 Å². The fraction of sp³-hybridized carbons (Fsp3) is 0.800. The number of carbonyl (C=O) groups excluding carboxylic acids is 2. The standard InChI is InChI=1S/C10H19NO4/c1-3-7-15-9(12)5-6-11-8-10(13)14-4-2/h11H,3-8H2,1-2H3. The van der Waals surface area contributed by atoms with Crippen LogP contribution in [0, 0.1) is 0 Å². The highest BCUT2D eigenvalue weighted by atomic mass is 16.5. The van der Waals surface area contributed by atoms with Crippen molar-refractivity contribution in [3.63, 3.8) is 0 Å². The Hall–Kier alpha value is -1.10. The van der Waals surface area contributed by atoms with Gasteiger partial charge in [-0.15, -0.1) is 0 Å². The zero-order valence-electron chi connectivity index (χ0n) is 9.38. The smallest absolute Gasteiger partial charge is 0.319 e. The average molecular weight is 217 g/mol. The molecule has 0 bridgehead atoms. The van der Waals surface area contributed by atoms with Crippen LogP contribution in [-0.4, -0.2) is 38.2 Å². The summed E-state index contributed by atoms with van der Waals surface area (Å²) in [7, 11) is 0. The lowest BCUT2D eigenvalue weighted by atomic mass is 10.4. The monoisotopic (exact) mass is 217 g/mol. The first kappa shape index (κ1) is 13.9. The van der Waals surface area contributed by atoms with E-state index in [9.17, 15) is 9.59 Å². The zero-order valence-corrected chi connectivity index (χ0v) is 9.38. The Morgan fingerprint density at radius 1 is 1.13 bits per heavy atom. The molecule has 0 rings (SSSR count). The van der Waals surface area contributed by atoms with Crippen LogP contribution in [0.1, 0.15) is 26.7 Å². The van der Waals surface area contributed by atoms with Crippen molar-refractivity contribution in [3.05, 3.63) is 0 Å². The SMILES string of the molecule is CCCOC(=O)CCNCC(=O)OCC. The summed E-state index contributed by atoms with van der Waals surface area (Å²) in [5.41, 5.74) is 0. The van der Waals surface area contributed by atoms with Gasteiger partial charge in [0.1, 0.15) is 0 Å². The Kier molecular flexibility index (Phi) is 8.76. The first-order chi connectivity index (χ1) is 7.20. The van der Waals surface area contributed by atoms with Crippen molar-refractivity contribution in [1.82, 2.24) is 5.32 Å². The summed E-state index contributed by atoms with van der Waals surface area (Å²) in [5, 5.41) is 2.80. The van der Waals surface area contributed by atoms with Gasteiger partial charge in [-0.2, -0.15) is 0 Å². The Bertz CT molecular complexity index is 194. The molecule has 0 aromatic rings. The molecule has 0 aliphatic carbocycles. The summed E-state index contributed by atoms with van der Waals surface area (Å²) in [6.07, 6.45) is 1.10. The summed E-state index contributed by atoms with van der Waals surface area (Å²) in [6, 6.07) is 0. The van der Waals surface area contributed by atoms with E-state index in [1.165, 1.54) is 0 Å². The van der Waals surface area contributed by atoms with E-state index in [0.29, 0.717) is 19.8 Å². The molecule has 0 saturated heterocycles. The van der Waals surface area contributed by atoms with Gasteiger partial charge in [0.15, 0.2) is 0 Å². The lowest BCUT2D eigenvalue weighted by Crippen LogP contribution is -2.27. The van der Waals surface area contributed by atoms with E-state index < -0.39 is 0 Å². The summed E-state index contributed by atoms with van der Waals surface area (Å²) in [4.78, 5) is 21.9. The molecule has 0 atom stereocenters. The van der Waals surface area contributed by atoms with Gasteiger partial charge in [0, 0.05) is 6.54 Å². The highest BCUT2D eigenvalue weighted by Gasteiger charge is 2.03. The van der Waals surface area contributed by atoms with E-state index in [0.717, 1.165) is 6.42 Å². The predicted molar refractivity (Wildman–Crippen MR) is 55.4 cm³/mol. The summed E-state index contributed by atoms with van der Waals surface area (Å²) < 4.78 is 9.55. The van der Waals surface area contributed by atoms with Crippen LogP contribution in [0.4, 0.5) is 0 Å². The van der Waals surface area contributed by atoms with Gasteiger partial charge < -0.3 is 14.8 Å². The first-order valence-corrected chi connectivity index (χ1v) is 5.22. The molecule has 0 fully saturated rings. The Morgan fingerprint density at radius 2 is 1.87 bits per heavy atom. The van der Waals surface area contributed by atoms with E-state index in [1.807, 2.05) is 6.92 Å². The van der Waals surface area contributed by atoms with Gasteiger partial charge in [-0.05, 0) is 13.3 Å². The highest BCUT2D eigenvalue weighted by Crippen LogP contribution is 1.87. The number of nitrogens with one attached hydrogen (secondary N) is 1. The molecule has 0 spiro atoms. The third-order valence-corrected chi connectivity index (χ3v) is 1.55. The minimum absolute atomic E-state index is 0.134. The van der Waals surface area contributed by atoms with Crippen molar-refractivity contribution >= 4 is 11.9 Å². The number of esters is 2. The summed E-state index contributed by atoms with van der Waals surface area (Å²) in [6.45, 7) is 5.08. The van der Waals surface area contributed by atoms with Crippen LogP contribution < -0.4 is 5.32 Å². The van der Waals surface area contributed by atoms with E-state index in [1.54, 1.807) is 6.92 Å². The largest absolute Gasteiger partial charge is 0.466 e. The van der Waals surface area contributed by atoms with E-state index in [-0.39, 0.29) is 24.9 Å². The van der Waals surface area contributed by atoms with Gasteiger partial charge >= 0.3 is 11.9 Å². The molecule has 15 heavy (non-hydrogen) atoms. The normalized spacial score (nSPS) is 9.73. The zero-order chi connectivity index (χ0) is 11.5. The number of rotatable bonds is 8. The quantitative estimate of drug-likeness (QED) is 0.473. The fourth-order valence-electron chi connectivity index (χ4n) is 0.881. The van der Waals surface area contributed by atoms with Gasteiger partial charge in [0.2, 0.25) is 0 Å². The van der Waals surface area contributed by atoms with Crippen LogP contribution in [0.25, 0.3) is 0 Å². The van der Waals surface area contributed by atoms with Crippen LogP contribution >= 0.6 is 0 Å². The number of ether oxygens (including phenoxy) is 2. The number of carbonyl (C=O) groups is 2. The van der Waals surface area contributed by atoms with Crippen molar-refractivity contribution in [3.8, 4) is 0 Å². The third kappa shape index (κ3) is 9.21. The molecule has 0 heterocycles. The second kappa shape index (κ2) is 9.45. The molecule has 1 N–H and O–H groups in total. The van der Waals surface area contributed by atoms with E-state index in [4.69, 9.17) is 9.47 Å². The van der Waals surface area contributed by atoms with Gasteiger partial charge in [0.25, 0.3) is 0 Å². The van der Waals surface area contributed by atoms with Crippen LogP contribution in [0.3, 0.4) is 0 Å². The number of hydrogen-bond acceptors (Lipinski definition) is 5. The Labute approximate surface area is 90.1 Å². The maximum Gasteiger partial charge on any atom is 0.319 e. The van der Waals surface area contributed by atoms with Crippen LogP contribution in [0.5, 0.6) is 0 Å². The van der Waals surface area contributed by atoms with Gasteiger partial charge in [0.05, 0.1) is 26.2 Å². The van der Waals surface area contributed by atoms with Gasteiger partial charge in [-0.25, -0.2) is 0 Å². The molecule has 5 heteroatoms. The summed E-state index contributed by atoms with van der Waals surface area (Å²) in [5.74, 6) is -0.548. The van der Waals surface area contributed by atoms with Gasteiger partial charge in [-0.1, -0.05) is 6.92 Å². The third-order valence-electron chi connectivity index (χ3n) is 1.55. The minimum Gasteiger partial charge on any atom is -0.466 e. The minimum atomic E-state index is -0.306. The lowest BCUT2D eigenvalue weighted by molar-refractivity contribution is -0.145. The van der Waals surface area contributed by atoms with E-state index in [2.05, 4.69) is 5.32 Å². The molecule has 0 amide bonds. The summed E-state index contributed by atoms with van der Waals surface area (Å²) >= 11 is 0. The van der Waals surface area contributed by atoms with Crippen LogP contribution in [0.15, 0.2) is 0 Å². The second-order valence-electron chi connectivity index (χ2n) is 2.95. The lowest BCUT2D eigenvalue weighted by Gasteiger charge is -2.04. The number of hydrogen-bond donors (Lipinski definition) is 1.